The van der Waals surface area contributed by atoms with Crippen LogP contribution in [-0.2, 0) is 13.0 Å². The molecule has 0 radical (unpaired) electrons. The lowest BCUT2D eigenvalue weighted by atomic mass is 10.1. The molecule has 0 saturated carbocycles. The summed E-state index contributed by atoms with van der Waals surface area (Å²) in [5.41, 5.74) is 0.154. The number of nitrogens with zero attached hydrogens (tertiary/aromatic N) is 5. The topological polar surface area (TPSA) is 137 Å². The van der Waals surface area contributed by atoms with Crippen molar-refractivity contribution in [1.82, 2.24) is 15.0 Å². The van der Waals surface area contributed by atoms with Gasteiger partial charge in [0.25, 0.3) is 11.4 Å². The van der Waals surface area contributed by atoms with Crippen LogP contribution in [0.1, 0.15) is 11.3 Å². The van der Waals surface area contributed by atoms with Crippen molar-refractivity contribution in [3.05, 3.63) is 55.9 Å². The minimum absolute atomic E-state index is 0.0622. The van der Waals surface area contributed by atoms with Gasteiger partial charge in [-0.05, 0) is 6.07 Å². The van der Waals surface area contributed by atoms with Crippen molar-refractivity contribution < 1.29 is 15.0 Å². The van der Waals surface area contributed by atoms with Crippen molar-refractivity contribution in [3.63, 3.8) is 0 Å². The molecule has 2 rings (SSSR count). The Labute approximate surface area is 117 Å². The van der Waals surface area contributed by atoms with E-state index in [1.165, 1.54) is 16.8 Å². The quantitative estimate of drug-likeness (QED) is 0.610. The SMILES string of the molecule is O=[N+]([O-])c1ccc(Cn2cc(CCO)nn2)c([N+](=O)[O-])c1. The normalized spacial score (nSPS) is 10.5. The lowest BCUT2D eigenvalue weighted by Gasteiger charge is -2.02. The van der Waals surface area contributed by atoms with Crippen LogP contribution in [0, 0.1) is 20.2 Å². The predicted molar refractivity (Wildman–Crippen MR) is 69.7 cm³/mol. The molecule has 0 atom stereocenters. The molecule has 0 bridgehead atoms. The molecule has 1 N–H and O–H groups in total. The van der Waals surface area contributed by atoms with Gasteiger partial charge >= 0.3 is 0 Å². The van der Waals surface area contributed by atoms with E-state index in [-0.39, 0.29) is 30.1 Å². The van der Waals surface area contributed by atoms with Crippen molar-refractivity contribution in [1.29, 1.82) is 0 Å². The average molecular weight is 293 g/mol. The van der Waals surface area contributed by atoms with Gasteiger partial charge in [0.05, 0.1) is 33.7 Å². The fourth-order valence-electron chi connectivity index (χ4n) is 1.79. The lowest BCUT2D eigenvalue weighted by molar-refractivity contribution is -0.394. The molecule has 0 aliphatic heterocycles. The molecular weight excluding hydrogens is 282 g/mol. The molecule has 1 aromatic carbocycles. The van der Waals surface area contributed by atoms with Gasteiger partial charge in [0.1, 0.15) is 0 Å². The number of aliphatic hydroxyl groups excluding tert-OH is 1. The van der Waals surface area contributed by atoms with Crippen LogP contribution in [0.3, 0.4) is 0 Å². The summed E-state index contributed by atoms with van der Waals surface area (Å²) in [7, 11) is 0. The van der Waals surface area contributed by atoms with E-state index in [4.69, 9.17) is 5.11 Å². The Kier molecular flexibility index (Phi) is 4.18. The third-order valence-corrected chi connectivity index (χ3v) is 2.76. The first-order chi connectivity index (χ1) is 10.0. The van der Waals surface area contributed by atoms with E-state index in [1.807, 2.05) is 0 Å². The van der Waals surface area contributed by atoms with Gasteiger partial charge in [0.2, 0.25) is 0 Å². The zero-order chi connectivity index (χ0) is 15.4. The molecule has 0 saturated heterocycles. The molecule has 0 aliphatic carbocycles. The summed E-state index contributed by atoms with van der Waals surface area (Å²) in [5, 5.41) is 38.0. The molecule has 1 aromatic heterocycles. The Morgan fingerprint density at radius 1 is 1.24 bits per heavy atom. The van der Waals surface area contributed by atoms with Crippen LogP contribution in [-0.4, -0.2) is 36.6 Å². The van der Waals surface area contributed by atoms with Crippen molar-refractivity contribution in [2.45, 2.75) is 13.0 Å². The second kappa shape index (κ2) is 6.05. The zero-order valence-electron chi connectivity index (χ0n) is 10.7. The van der Waals surface area contributed by atoms with Crippen LogP contribution in [0.15, 0.2) is 24.4 Å². The number of aromatic nitrogens is 3. The van der Waals surface area contributed by atoms with Crippen molar-refractivity contribution in [2.75, 3.05) is 6.61 Å². The Morgan fingerprint density at radius 3 is 2.62 bits per heavy atom. The van der Waals surface area contributed by atoms with E-state index in [1.54, 1.807) is 6.20 Å². The Bertz CT molecular complexity index is 683. The number of benzene rings is 1. The maximum absolute atomic E-state index is 11.0. The van der Waals surface area contributed by atoms with E-state index in [0.717, 1.165) is 6.07 Å². The van der Waals surface area contributed by atoms with Crippen molar-refractivity contribution in [2.24, 2.45) is 0 Å². The van der Waals surface area contributed by atoms with E-state index >= 15 is 0 Å². The largest absolute Gasteiger partial charge is 0.396 e. The number of non-ortho nitro benzene ring substituents is 1. The second-order valence-corrected chi connectivity index (χ2v) is 4.21. The standard InChI is InChI=1S/C11H11N5O5/c17-4-3-9-7-14(13-12-9)6-8-1-2-10(15(18)19)5-11(8)16(20)21/h1-2,5,7,17H,3-4,6H2. The molecule has 0 aliphatic rings. The molecule has 10 nitrogen and oxygen atoms in total. The summed E-state index contributed by atoms with van der Waals surface area (Å²) < 4.78 is 1.37. The lowest BCUT2D eigenvalue weighted by Crippen LogP contribution is -2.04. The van der Waals surface area contributed by atoms with Crippen LogP contribution in [0.25, 0.3) is 0 Å². The fraction of sp³-hybridized carbons (Fsp3) is 0.273. The van der Waals surface area contributed by atoms with Gasteiger partial charge in [0, 0.05) is 25.3 Å². The first-order valence-electron chi connectivity index (χ1n) is 5.93. The molecule has 0 spiro atoms. The van der Waals surface area contributed by atoms with E-state index in [2.05, 4.69) is 10.3 Å². The summed E-state index contributed by atoms with van der Waals surface area (Å²) in [6.07, 6.45) is 1.89. The van der Waals surface area contributed by atoms with Gasteiger partial charge in [-0.25, -0.2) is 4.68 Å². The minimum Gasteiger partial charge on any atom is -0.396 e. The number of aliphatic hydroxyl groups is 1. The molecule has 0 unspecified atom stereocenters. The van der Waals surface area contributed by atoms with Crippen LogP contribution in [0.2, 0.25) is 0 Å². The Balaban J connectivity index is 2.29. The molecule has 0 fully saturated rings. The third kappa shape index (κ3) is 3.36. The number of hydrogen-bond donors (Lipinski definition) is 1. The molecular formula is C11H11N5O5. The van der Waals surface area contributed by atoms with Crippen LogP contribution >= 0.6 is 0 Å². The average Bonchev–Trinajstić information content (AvgIpc) is 2.86. The highest BCUT2D eigenvalue weighted by Gasteiger charge is 2.19. The highest BCUT2D eigenvalue weighted by molar-refractivity contribution is 5.49. The van der Waals surface area contributed by atoms with Gasteiger partial charge < -0.3 is 5.11 Å². The number of nitro benzene ring substituents is 2. The fourth-order valence-corrected chi connectivity index (χ4v) is 1.79. The van der Waals surface area contributed by atoms with E-state index in [9.17, 15) is 20.2 Å². The summed E-state index contributed by atoms with van der Waals surface area (Å²) in [4.78, 5) is 20.3. The monoisotopic (exact) mass is 293 g/mol. The van der Waals surface area contributed by atoms with Crippen molar-refractivity contribution in [3.8, 4) is 0 Å². The van der Waals surface area contributed by atoms with Crippen molar-refractivity contribution >= 4 is 11.4 Å². The van der Waals surface area contributed by atoms with Gasteiger partial charge in [0.15, 0.2) is 0 Å². The van der Waals surface area contributed by atoms with E-state index in [0.29, 0.717) is 12.1 Å². The Morgan fingerprint density at radius 2 is 2.00 bits per heavy atom. The number of nitro groups is 2. The molecule has 1 heterocycles. The first kappa shape index (κ1) is 14.5. The molecule has 110 valence electrons. The maximum atomic E-state index is 11.0. The summed E-state index contributed by atoms with van der Waals surface area (Å²) in [6.45, 7) is -0.0108. The third-order valence-electron chi connectivity index (χ3n) is 2.76. The highest BCUT2D eigenvalue weighted by Crippen LogP contribution is 2.25. The predicted octanol–water partition coefficient (Wildman–Crippen LogP) is 0.678. The van der Waals surface area contributed by atoms with Crippen LogP contribution < -0.4 is 0 Å². The summed E-state index contributed by atoms with van der Waals surface area (Å²) in [5.74, 6) is 0. The smallest absolute Gasteiger partial charge is 0.281 e. The summed E-state index contributed by atoms with van der Waals surface area (Å²) in [6, 6.07) is 3.44. The first-order valence-corrected chi connectivity index (χ1v) is 5.93. The van der Waals surface area contributed by atoms with Crippen LogP contribution in [0.4, 0.5) is 11.4 Å². The van der Waals surface area contributed by atoms with Crippen LogP contribution in [0.5, 0.6) is 0 Å². The minimum atomic E-state index is -0.689. The van der Waals surface area contributed by atoms with Gasteiger partial charge in [-0.1, -0.05) is 5.21 Å². The second-order valence-electron chi connectivity index (χ2n) is 4.21. The molecule has 0 amide bonds. The van der Waals surface area contributed by atoms with Gasteiger partial charge in [-0.2, -0.15) is 0 Å². The van der Waals surface area contributed by atoms with Gasteiger partial charge in [-0.15, -0.1) is 5.10 Å². The Hall–Kier alpha value is -2.88. The summed E-state index contributed by atoms with van der Waals surface area (Å²) >= 11 is 0. The highest BCUT2D eigenvalue weighted by atomic mass is 16.6. The number of rotatable bonds is 6. The molecule has 21 heavy (non-hydrogen) atoms. The molecule has 10 heteroatoms. The van der Waals surface area contributed by atoms with E-state index < -0.39 is 9.85 Å². The van der Waals surface area contributed by atoms with Gasteiger partial charge in [-0.3, -0.25) is 20.2 Å². The molecule has 2 aromatic rings. The number of hydrogen-bond acceptors (Lipinski definition) is 7. The zero-order valence-corrected chi connectivity index (χ0v) is 10.7. The maximum Gasteiger partial charge on any atom is 0.281 e.